The number of thioether (sulfide) groups is 1. The van der Waals surface area contributed by atoms with Gasteiger partial charge in [0.15, 0.2) is 5.17 Å². The number of anilines is 1. The molecule has 1 N–H and O–H groups in total. The molecule has 0 aliphatic carbocycles. The molecule has 1 aromatic rings. The summed E-state index contributed by atoms with van der Waals surface area (Å²) in [5, 5.41) is 4.33. The second-order valence-corrected chi connectivity index (χ2v) is 6.02. The lowest BCUT2D eigenvalue weighted by atomic mass is 10.1. The average Bonchev–Trinajstić information content (AvgIpc) is 2.84. The van der Waals surface area contributed by atoms with Crippen LogP contribution in [0.5, 0.6) is 0 Å². The van der Waals surface area contributed by atoms with E-state index in [1.54, 1.807) is 11.8 Å². The molecule has 0 amide bonds. The van der Waals surface area contributed by atoms with E-state index in [2.05, 4.69) is 27.3 Å². The van der Waals surface area contributed by atoms with Gasteiger partial charge in [-0.1, -0.05) is 30.0 Å². The van der Waals surface area contributed by atoms with Crippen LogP contribution in [0.2, 0.25) is 0 Å². The largest absolute Gasteiger partial charge is 0.335 e. The van der Waals surface area contributed by atoms with Crippen molar-refractivity contribution < 1.29 is 4.39 Å². The van der Waals surface area contributed by atoms with Gasteiger partial charge in [0, 0.05) is 31.1 Å². The summed E-state index contributed by atoms with van der Waals surface area (Å²) < 4.78 is 13.0. The molecule has 0 saturated carbocycles. The van der Waals surface area contributed by atoms with Crippen molar-refractivity contribution in [1.82, 2.24) is 4.90 Å². The molecule has 0 unspecified atom stereocenters. The molecule has 21 heavy (non-hydrogen) atoms. The van der Waals surface area contributed by atoms with Crippen molar-refractivity contribution in [2.75, 3.05) is 30.7 Å². The van der Waals surface area contributed by atoms with Crippen molar-refractivity contribution in [3.8, 4) is 0 Å². The van der Waals surface area contributed by atoms with Crippen molar-refractivity contribution >= 4 is 47.4 Å². The lowest BCUT2D eigenvalue weighted by Crippen LogP contribution is -2.25. The van der Waals surface area contributed by atoms with Crippen LogP contribution >= 0.6 is 36.6 Å². The zero-order chi connectivity index (χ0) is 13.1. The third-order valence-corrected chi connectivity index (χ3v) is 4.40. The van der Waals surface area contributed by atoms with Crippen LogP contribution in [0, 0.1) is 0 Å². The number of rotatable bonds is 3. The Bertz CT molecular complexity index is 487. The molecular weight excluding hydrogens is 332 g/mol. The average molecular weight is 352 g/mol. The number of halogens is 3. The predicted molar refractivity (Wildman–Crippen MR) is 94.1 cm³/mol. The summed E-state index contributed by atoms with van der Waals surface area (Å²) in [6.07, 6.45) is 0.0686. The standard InChI is InChI=1S/C14H18FN3S.2ClH/c15-12-5-6-18(10-12)7-8-19-14-16-9-11-3-1-2-4-13(11)17-14;;/h1-4,12H,5-10H2,(H,16,17);2*1H/t12-;;/m1../s1. The fraction of sp³-hybridized carbons (Fsp3) is 0.500. The molecule has 0 spiro atoms. The Hall–Kier alpha value is -0.490. The first-order valence-electron chi connectivity index (χ1n) is 6.70. The van der Waals surface area contributed by atoms with Gasteiger partial charge in [-0.25, -0.2) is 4.39 Å². The molecule has 0 aromatic heterocycles. The van der Waals surface area contributed by atoms with E-state index in [4.69, 9.17) is 0 Å². The van der Waals surface area contributed by atoms with Crippen molar-refractivity contribution in [2.24, 2.45) is 4.99 Å². The van der Waals surface area contributed by atoms with Crippen LogP contribution in [0.4, 0.5) is 10.1 Å². The van der Waals surface area contributed by atoms with Crippen LogP contribution in [-0.2, 0) is 6.54 Å². The normalized spacial score (nSPS) is 20.6. The molecule has 2 aliphatic heterocycles. The van der Waals surface area contributed by atoms with E-state index in [0.29, 0.717) is 13.0 Å². The van der Waals surface area contributed by atoms with Gasteiger partial charge in [0.25, 0.3) is 0 Å². The molecular formula is C14H20Cl2FN3S. The monoisotopic (exact) mass is 351 g/mol. The predicted octanol–water partition coefficient (Wildman–Crippen LogP) is 3.59. The molecule has 1 fully saturated rings. The fourth-order valence-corrected chi connectivity index (χ4v) is 3.31. The van der Waals surface area contributed by atoms with E-state index in [0.717, 1.165) is 36.2 Å². The zero-order valence-electron chi connectivity index (χ0n) is 11.6. The minimum atomic E-state index is -0.623. The third-order valence-electron chi connectivity index (χ3n) is 3.51. The molecule has 2 aliphatic rings. The number of aliphatic imine (C=N–C) groups is 1. The van der Waals surface area contributed by atoms with Crippen molar-refractivity contribution in [3.05, 3.63) is 29.8 Å². The van der Waals surface area contributed by atoms with E-state index in [-0.39, 0.29) is 24.8 Å². The summed E-state index contributed by atoms with van der Waals surface area (Å²) in [5.41, 5.74) is 2.40. The zero-order valence-corrected chi connectivity index (χ0v) is 14.1. The highest BCUT2D eigenvalue weighted by Gasteiger charge is 2.21. The molecule has 0 bridgehead atoms. The Balaban J connectivity index is 0.00000110. The fourth-order valence-electron chi connectivity index (χ4n) is 2.43. The summed E-state index contributed by atoms with van der Waals surface area (Å²) in [7, 11) is 0. The van der Waals surface area contributed by atoms with Crippen molar-refractivity contribution in [1.29, 1.82) is 0 Å². The van der Waals surface area contributed by atoms with E-state index in [1.807, 2.05) is 12.1 Å². The van der Waals surface area contributed by atoms with E-state index < -0.39 is 6.17 Å². The number of fused-ring (bicyclic) bond motifs is 1. The number of nitrogens with zero attached hydrogens (tertiary/aromatic N) is 2. The molecule has 0 radical (unpaired) electrons. The maximum Gasteiger partial charge on any atom is 0.161 e. The highest BCUT2D eigenvalue weighted by molar-refractivity contribution is 8.14. The van der Waals surface area contributed by atoms with Gasteiger partial charge in [-0.3, -0.25) is 9.89 Å². The van der Waals surface area contributed by atoms with Crippen LogP contribution in [0.25, 0.3) is 0 Å². The van der Waals surface area contributed by atoms with Gasteiger partial charge < -0.3 is 5.32 Å². The second-order valence-electron chi connectivity index (χ2n) is 4.94. The first-order valence-corrected chi connectivity index (χ1v) is 7.68. The smallest absolute Gasteiger partial charge is 0.161 e. The van der Waals surface area contributed by atoms with E-state index >= 15 is 0 Å². The van der Waals surface area contributed by atoms with Gasteiger partial charge in [0.05, 0.1) is 6.54 Å². The van der Waals surface area contributed by atoms with Crippen LogP contribution in [0.15, 0.2) is 29.3 Å². The summed E-state index contributed by atoms with van der Waals surface area (Å²) in [6, 6.07) is 8.25. The first kappa shape index (κ1) is 18.6. The third kappa shape index (κ3) is 5.02. The summed E-state index contributed by atoms with van der Waals surface area (Å²) in [6.45, 7) is 3.18. The minimum Gasteiger partial charge on any atom is -0.335 e. The summed E-state index contributed by atoms with van der Waals surface area (Å²) in [4.78, 5) is 6.72. The molecule has 1 atom stereocenters. The Labute approximate surface area is 141 Å². The second kappa shape index (κ2) is 8.83. The topological polar surface area (TPSA) is 27.6 Å². The summed E-state index contributed by atoms with van der Waals surface area (Å²) in [5.74, 6) is 0.959. The molecule has 3 rings (SSSR count). The molecule has 1 aromatic carbocycles. The highest BCUT2D eigenvalue weighted by Crippen LogP contribution is 2.23. The Morgan fingerprint density at radius 1 is 1.33 bits per heavy atom. The number of hydrogen-bond donors (Lipinski definition) is 1. The van der Waals surface area contributed by atoms with Crippen LogP contribution in [0.1, 0.15) is 12.0 Å². The Morgan fingerprint density at radius 3 is 2.90 bits per heavy atom. The quantitative estimate of drug-likeness (QED) is 0.901. The first-order chi connectivity index (χ1) is 9.31. The lowest BCUT2D eigenvalue weighted by molar-refractivity contribution is 0.299. The van der Waals surface area contributed by atoms with Crippen LogP contribution in [-0.4, -0.2) is 41.6 Å². The molecule has 118 valence electrons. The van der Waals surface area contributed by atoms with Gasteiger partial charge >= 0.3 is 0 Å². The van der Waals surface area contributed by atoms with Crippen LogP contribution in [0.3, 0.4) is 0 Å². The number of amidine groups is 1. The van der Waals surface area contributed by atoms with Crippen molar-refractivity contribution in [3.63, 3.8) is 0 Å². The molecule has 7 heteroatoms. The maximum atomic E-state index is 13.0. The molecule has 3 nitrogen and oxygen atoms in total. The van der Waals surface area contributed by atoms with E-state index in [1.165, 1.54) is 5.56 Å². The van der Waals surface area contributed by atoms with E-state index in [9.17, 15) is 4.39 Å². The maximum absolute atomic E-state index is 13.0. The Kier molecular flexibility index (Phi) is 7.81. The SMILES string of the molecule is Cl.Cl.F[C@@H]1CCN(CCSC2=NCc3ccccc3N2)C1. The van der Waals surface area contributed by atoms with Gasteiger partial charge in [-0.05, 0) is 18.1 Å². The van der Waals surface area contributed by atoms with Gasteiger partial charge in [0.2, 0.25) is 0 Å². The summed E-state index contributed by atoms with van der Waals surface area (Å²) >= 11 is 1.72. The van der Waals surface area contributed by atoms with Crippen molar-refractivity contribution in [2.45, 2.75) is 19.1 Å². The lowest BCUT2D eigenvalue weighted by Gasteiger charge is -2.19. The number of alkyl halides is 1. The number of para-hydroxylation sites is 1. The number of hydrogen-bond acceptors (Lipinski definition) is 4. The number of likely N-dealkylation sites (tertiary alicyclic amines) is 1. The van der Waals surface area contributed by atoms with Gasteiger partial charge in [-0.2, -0.15) is 0 Å². The minimum absolute atomic E-state index is 0. The van der Waals surface area contributed by atoms with Gasteiger partial charge in [-0.15, -0.1) is 24.8 Å². The number of nitrogens with one attached hydrogen (secondary N) is 1. The highest BCUT2D eigenvalue weighted by atomic mass is 35.5. The van der Waals surface area contributed by atoms with Crippen LogP contribution < -0.4 is 5.32 Å². The van der Waals surface area contributed by atoms with Gasteiger partial charge in [0.1, 0.15) is 6.17 Å². The molecule has 2 heterocycles. The Morgan fingerprint density at radius 2 is 2.14 bits per heavy atom. The molecule has 1 saturated heterocycles. The number of benzene rings is 1.